The number of benzene rings is 2. The van der Waals surface area contributed by atoms with Crippen molar-refractivity contribution in [3.05, 3.63) is 60.2 Å². The number of nitrogens with zero attached hydrogens (tertiary/aromatic N) is 1. The number of piperazine rings is 1. The van der Waals surface area contributed by atoms with E-state index in [9.17, 15) is 22.8 Å². The van der Waals surface area contributed by atoms with Gasteiger partial charge in [0.15, 0.2) is 0 Å². The first kappa shape index (κ1) is 21.6. The molecule has 1 aliphatic heterocycles. The summed E-state index contributed by atoms with van der Waals surface area (Å²) in [4.78, 5) is 26.0. The molecule has 2 aromatic rings. The average Bonchev–Trinajstić information content (AvgIpc) is 2.70. The van der Waals surface area contributed by atoms with E-state index >= 15 is 0 Å². The highest BCUT2D eigenvalue weighted by Crippen LogP contribution is 2.23. The summed E-state index contributed by atoms with van der Waals surface area (Å²) >= 11 is 0. The standard InChI is InChI=1S/C21H22F3N3O3/c22-21(23,24)14-26-19(28)12-18-20(29)25-9-10-27(18)13-15-5-4-8-17(11-15)30-16-6-2-1-3-7-16/h1-8,11,18H,9-10,12-14H2,(H,25,29)(H,26,28). The third-order valence-electron chi connectivity index (χ3n) is 4.57. The molecule has 1 heterocycles. The molecule has 1 atom stereocenters. The molecule has 9 heteroatoms. The molecule has 0 radical (unpaired) electrons. The summed E-state index contributed by atoms with van der Waals surface area (Å²) in [5.41, 5.74) is 0.860. The van der Waals surface area contributed by atoms with E-state index in [1.807, 2.05) is 59.9 Å². The third kappa shape index (κ3) is 6.48. The number of ether oxygens (including phenoxy) is 1. The number of nitrogens with one attached hydrogen (secondary N) is 2. The zero-order chi connectivity index (χ0) is 21.6. The van der Waals surface area contributed by atoms with E-state index in [0.29, 0.717) is 31.1 Å². The number of para-hydroxylation sites is 1. The molecule has 30 heavy (non-hydrogen) atoms. The molecule has 1 saturated heterocycles. The SMILES string of the molecule is O=C(CC1C(=O)NCCN1Cc1cccc(Oc2ccccc2)c1)NCC(F)(F)F. The Bertz CT molecular complexity index is 875. The summed E-state index contributed by atoms with van der Waals surface area (Å²) in [5, 5.41) is 4.48. The van der Waals surface area contributed by atoms with Gasteiger partial charge in [-0.25, -0.2) is 0 Å². The lowest BCUT2D eigenvalue weighted by Crippen LogP contribution is -2.56. The maximum atomic E-state index is 12.3. The molecular weight excluding hydrogens is 399 g/mol. The zero-order valence-corrected chi connectivity index (χ0v) is 16.1. The largest absolute Gasteiger partial charge is 0.457 e. The summed E-state index contributed by atoms with van der Waals surface area (Å²) in [6.07, 6.45) is -4.84. The average molecular weight is 421 g/mol. The van der Waals surface area contributed by atoms with Crippen molar-refractivity contribution in [1.29, 1.82) is 0 Å². The second-order valence-electron chi connectivity index (χ2n) is 6.94. The lowest BCUT2D eigenvalue weighted by molar-refractivity contribution is -0.141. The van der Waals surface area contributed by atoms with Gasteiger partial charge in [0.2, 0.25) is 11.8 Å². The van der Waals surface area contributed by atoms with E-state index in [2.05, 4.69) is 5.32 Å². The molecule has 2 aromatic carbocycles. The predicted molar refractivity (Wildman–Crippen MR) is 104 cm³/mol. The number of rotatable bonds is 7. The van der Waals surface area contributed by atoms with Gasteiger partial charge in [-0.15, -0.1) is 0 Å². The monoisotopic (exact) mass is 421 g/mol. The van der Waals surface area contributed by atoms with Gasteiger partial charge in [0.25, 0.3) is 0 Å². The molecule has 2 amide bonds. The quantitative estimate of drug-likeness (QED) is 0.721. The fourth-order valence-corrected chi connectivity index (χ4v) is 3.19. The molecule has 6 nitrogen and oxygen atoms in total. The van der Waals surface area contributed by atoms with Crippen molar-refractivity contribution in [2.45, 2.75) is 25.2 Å². The first-order valence-corrected chi connectivity index (χ1v) is 9.47. The number of hydrogen-bond donors (Lipinski definition) is 2. The highest BCUT2D eigenvalue weighted by Gasteiger charge is 2.33. The normalized spacial score (nSPS) is 17.3. The summed E-state index contributed by atoms with van der Waals surface area (Å²) in [5.74, 6) is 0.117. The van der Waals surface area contributed by atoms with Gasteiger partial charge in [0.05, 0.1) is 12.5 Å². The zero-order valence-electron chi connectivity index (χ0n) is 16.1. The molecule has 1 unspecified atom stereocenters. The number of halogens is 3. The minimum absolute atomic E-state index is 0.345. The van der Waals surface area contributed by atoms with Crippen LogP contribution in [-0.2, 0) is 16.1 Å². The van der Waals surface area contributed by atoms with Gasteiger partial charge in [-0.05, 0) is 29.8 Å². The van der Waals surface area contributed by atoms with Crippen molar-refractivity contribution in [2.24, 2.45) is 0 Å². The summed E-state index contributed by atoms with van der Waals surface area (Å²) in [7, 11) is 0. The molecule has 160 valence electrons. The van der Waals surface area contributed by atoms with Crippen molar-refractivity contribution >= 4 is 11.8 Å². The minimum Gasteiger partial charge on any atom is -0.457 e. The topological polar surface area (TPSA) is 70.7 Å². The molecule has 2 N–H and O–H groups in total. The van der Waals surface area contributed by atoms with E-state index < -0.39 is 24.7 Å². The number of carbonyl (C=O) groups excluding carboxylic acids is 2. The Labute approximate surface area is 172 Å². The van der Waals surface area contributed by atoms with E-state index in [0.717, 1.165) is 5.56 Å². The smallest absolute Gasteiger partial charge is 0.405 e. The predicted octanol–water partition coefficient (Wildman–Crippen LogP) is 2.85. The Morgan fingerprint density at radius 1 is 1.13 bits per heavy atom. The van der Waals surface area contributed by atoms with Gasteiger partial charge in [0.1, 0.15) is 18.0 Å². The Balaban J connectivity index is 1.65. The van der Waals surface area contributed by atoms with Crippen LogP contribution < -0.4 is 15.4 Å². The van der Waals surface area contributed by atoms with Gasteiger partial charge < -0.3 is 15.4 Å². The Kier molecular flexibility index (Phi) is 6.94. The molecule has 0 aromatic heterocycles. The van der Waals surface area contributed by atoms with E-state index in [-0.39, 0.29) is 12.3 Å². The molecule has 1 fully saturated rings. The number of hydrogen-bond acceptors (Lipinski definition) is 4. The van der Waals surface area contributed by atoms with Crippen molar-refractivity contribution in [2.75, 3.05) is 19.6 Å². The third-order valence-corrected chi connectivity index (χ3v) is 4.57. The van der Waals surface area contributed by atoms with E-state index in [1.54, 1.807) is 4.90 Å². The van der Waals surface area contributed by atoms with Crippen molar-refractivity contribution in [1.82, 2.24) is 15.5 Å². The van der Waals surface area contributed by atoms with Crippen LogP contribution in [0.15, 0.2) is 54.6 Å². The number of alkyl halides is 3. The van der Waals surface area contributed by atoms with Crippen LogP contribution in [-0.4, -0.2) is 48.6 Å². The number of carbonyl (C=O) groups is 2. The van der Waals surface area contributed by atoms with Crippen molar-refractivity contribution in [3.63, 3.8) is 0 Å². The Morgan fingerprint density at radius 3 is 2.60 bits per heavy atom. The second-order valence-corrected chi connectivity index (χ2v) is 6.94. The first-order valence-electron chi connectivity index (χ1n) is 9.47. The Morgan fingerprint density at radius 2 is 1.87 bits per heavy atom. The minimum atomic E-state index is -4.50. The highest BCUT2D eigenvalue weighted by atomic mass is 19.4. The van der Waals surface area contributed by atoms with Gasteiger partial charge in [-0.1, -0.05) is 30.3 Å². The van der Waals surface area contributed by atoms with E-state index in [4.69, 9.17) is 4.74 Å². The van der Waals surface area contributed by atoms with Crippen LogP contribution in [0, 0.1) is 0 Å². The fraction of sp³-hybridized carbons (Fsp3) is 0.333. The van der Waals surface area contributed by atoms with Gasteiger partial charge in [0, 0.05) is 19.6 Å². The lowest BCUT2D eigenvalue weighted by atomic mass is 10.1. The summed E-state index contributed by atoms with van der Waals surface area (Å²) < 4.78 is 42.8. The van der Waals surface area contributed by atoms with Gasteiger partial charge in [-0.2, -0.15) is 13.2 Å². The molecule has 1 aliphatic rings. The van der Waals surface area contributed by atoms with Gasteiger partial charge in [-0.3, -0.25) is 14.5 Å². The molecule has 0 spiro atoms. The van der Waals surface area contributed by atoms with Crippen molar-refractivity contribution in [3.8, 4) is 11.5 Å². The molecule has 0 bridgehead atoms. The van der Waals surface area contributed by atoms with Crippen LogP contribution in [0.25, 0.3) is 0 Å². The maximum Gasteiger partial charge on any atom is 0.405 e. The lowest BCUT2D eigenvalue weighted by Gasteiger charge is -2.34. The fourth-order valence-electron chi connectivity index (χ4n) is 3.19. The summed E-state index contributed by atoms with van der Waals surface area (Å²) in [6, 6.07) is 15.8. The molecular formula is C21H22F3N3O3. The maximum absolute atomic E-state index is 12.3. The van der Waals surface area contributed by atoms with Crippen molar-refractivity contribution < 1.29 is 27.5 Å². The summed E-state index contributed by atoms with van der Waals surface area (Å²) in [6.45, 7) is -0.178. The van der Waals surface area contributed by atoms with E-state index in [1.165, 1.54) is 0 Å². The second kappa shape index (κ2) is 9.62. The van der Waals surface area contributed by atoms with Crippen LogP contribution >= 0.6 is 0 Å². The molecule has 3 rings (SSSR count). The van der Waals surface area contributed by atoms with Crippen LogP contribution in [0.2, 0.25) is 0 Å². The van der Waals surface area contributed by atoms with Crippen LogP contribution in [0.5, 0.6) is 11.5 Å². The van der Waals surface area contributed by atoms with Gasteiger partial charge >= 0.3 is 6.18 Å². The Hall–Kier alpha value is -3.07. The molecule has 0 aliphatic carbocycles. The van der Waals surface area contributed by atoms with Crippen LogP contribution in [0.1, 0.15) is 12.0 Å². The van der Waals surface area contributed by atoms with Crippen LogP contribution in [0.4, 0.5) is 13.2 Å². The number of amides is 2. The highest BCUT2D eigenvalue weighted by molar-refractivity contribution is 5.88. The first-order chi connectivity index (χ1) is 14.3. The molecule has 0 saturated carbocycles. The van der Waals surface area contributed by atoms with Crippen LogP contribution in [0.3, 0.4) is 0 Å².